The molecule has 1 N–H and O–H groups in total. The van der Waals surface area contributed by atoms with E-state index in [1.54, 1.807) is 23.1 Å². The van der Waals surface area contributed by atoms with Gasteiger partial charge in [0.1, 0.15) is 29.4 Å². The van der Waals surface area contributed by atoms with Crippen molar-refractivity contribution in [3.05, 3.63) is 114 Å². The Hall–Kier alpha value is -4.35. The minimum atomic E-state index is 0. The third-order valence-electron chi connectivity index (χ3n) is 7.44. The molecule has 4 aromatic carbocycles. The third kappa shape index (κ3) is 5.82. The number of hydrogen-bond acceptors (Lipinski definition) is 5. The molecule has 8 heteroatoms. The van der Waals surface area contributed by atoms with Crippen molar-refractivity contribution in [3.8, 4) is 51.0 Å². The van der Waals surface area contributed by atoms with Crippen molar-refractivity contribution < 1.29 is 26.2 Å². The first kappa shape index (κ1) is 30.1. The van der Waals surface area contributed by atoms with Gasteiger partial charge in [-0.05, 0) is 65.3 Å². The summed E-state index contributed by atoms with van der Waals surface area (Å²) in [6.45, 7) is 10.7. The van der Waals surface area contributed by atoms with Crippen LogP contribution < -0.4 is 0 Å². The molecular formula is C35H33N6OPt-. The van der Waals surface area contributed by atoms with Gasteiger partial charge in [-0.1, -0.05) is 81.3 Å². The summed E-state index contributed by atoms with van der Waals surface area (Å²) in [7, 11) is 0. The van der Waals surface area contributed by atoms with E-state index in [1.807, 2.05) is 48.0 Å². The summed E-state index contributed by atoms with van der Waals surface area (Å²) in [5.41, 5.74) is 7.96. The molecule has 6 rings (SSSR count). The number of benzene rings is 4. The summed E-state index contributed by atoms with van der Waals surface area (Å²) >= 11 is 0. The first-order chi connectivity index (χ1) is 20.3. The van der Waals surface area contributed by atoms with Crippen LogP contribution in [0.5, 0.6) is 5.75 Å². The minimum absolute atomic E-state index is 0. The van der Waals surface area contributed by atoms with Crippen molar-refractivity contribution in [1.82, 2.24) is 29.5 Å². The Labute approximate surface area is 266 Å². The maximum Gasteiger partial charge on any atom is 0.141 e. The SMILES string of the molecule is Cc1nc(-c2[c-]c(-c3ncnn3-c3c(C(C)C)cc(-c4ccccc4)cc3C(C)C)ccc2)nn1-c1ccccc1O.[Pt]. The number of para-hydroxylation sites is 2. The van der Waals surface area contributed by atoms with E-state index in [1.165, 1.54) is 22.3 Å². The normalized spacial score (nSPS) is 11.2. The zero-order valence-electron chi connectivity index (χ0n) is 24.8. The maximum atomic E-state index is 10.4. The predicted molar refractivity (Wildman–Crippen MR) is 166 cm³/mol. The quantitative estimate of drug-likeness (QED) is 0.168. The van der Waals surface area contributed by atoms with Crippen LogP contribution in [0.3, 0.4) is 0 Å². The van der Waals surface area contributed by atoms with Gasteiger partial charge in [0.15, 0.2) is 0 Å². The van der Waals surface area contributed by atoms with E-state index in [0.717, 1.165) is 16.8 Å². The van der Waals surface area contributed by atoms with E-state index in [-0.39, 0.29) is 38.7 Å². The van der Waals surface area contributed by atoms with Gasteiger partial charge in [-0.3, -0.25) is 9.97 Å². The standard InChI is InChI=1S/C35H33N6O.Pt/c1-22(2)29-19-28(25-12-7-6-8-13-25)20-30(23(3)4)33(29)41-35(36-21-37-41)27-15-11-14-26(18-27)34-38-24(5)40(39-34)31-16-9-10-17-32(31)42;/h6-17,19-23,42H,1-5H3;/q-1;. The average molecular weight is 749 g/mol. The van der Waals surface area contributed by atoms with Crippen LogP contribution in [-0.4, -0.2) is 34.6 Å². The van der Waals surface area contributed by atoms with Gasteiger partial charge < -0.3 is 5.11 Å². The molecule has 0 saturated carbocycles. The van der Waals surface area contributed by atoms with Gasteiger partial charge in [0, 0.05) is 21.1 Å². The van der Waals surface area contributed by atoms with Crippen LogP contribution in [0, 0.1) is 13.0 Å². The maximum absolute atomic E-state index is 10.4. The van der Waals surface area contributed by atoms with E-state index >= 15 is 0 Å². The molecule has 0 aliphatic heterocycles. The molecule has 0 fully saturated rings. The largest absolute Gasteiger partial charge is 0.506 e. The fraction of sp³-hybridized carbons (Fsp3) is 0.200. The van der Waals surface area contributed by atoms with Gasteiger partial charge in [0.25, 0.3) is 0 Å². The molecule has 0 radical (unpaired) electrons. The van der Waals surface area contributed by atoms with Crippen molar-refractivity contribution in [2.24, 2.45) is 0 Å². The van der Waals surface area contributed by atoms with Crippen LogP contribution in [0.25, 0.3) is 45.3 Å². The van der Waals surface area contributed by atoms with Crippen LogP contribution in [0.2, 0.25) is 0 Å². The number of phenols is 1. The van der Waals surface area contributed by atoms with Crippen molar-refractivity contribution >= 4 is 0 Å². The molecule has 0 amide bonds. The second-order valence-corrected chi connectivity index (χ2v) is 11.0. The molecule has 0 atom stereocenters. The fourth-order valence-corrected chi connectivity index (χ4v) is 5.30. The monoisotopic (exact) mass is 748 g/mol. The number of phenolic OH excluding ortho intramolecular Hbond substituents is 1. The third-order valence-corrected chi connectivity index (χ3v) is 7.44. The Bertz CT molecular complexity index is 1840. The zero-order valence-corrected chi connectivity index (χ0v) is 27.0. The minimum Gasteiger partial charge on any atom is -0.506 e. The molecule has 0 spiro atoms. The Kier molecular flexibility index (Phi) is 8.74. The summed E-state index contributed by atoms with van der Waals surface area (Å²) in [4.78, 5) is 9.38. The summed E-state index contributed by atoms with van der Waals surface area (Å²) in [6.07, 6.45) is 1.60. The van der Waals surface area contributed by atoms with E-state index in [2.05, 4.69) is 75.1 Å². The van der Waals surface area contributed by atoms with Gasteiger partial charge in [-0.25, -0.2) is 9.36 Å². The number of hydrogen-bond donors (Lipinski definition) is 1. The van der Waals surface area contributed by atoms with Crippen molar-refractivity contribution in [2.45, 2.75) is 46.5 Å². The Morgan fingerprint density at radius 3 is 2.07 bits per heavy atom. The number of rotatable bonds is 7. The molecule has 0 aliphatic carbocycles. The smallest absolute Gasteiger partial charge is 0.141 e. The van der Waals surface area contributed by atoms with E-state index < -0.39 is 0 Å². The second kappa shape index (κ2) is 12.5. The van der Waals surface area contributed by atoms with Crippen molar-refractivity contribution in [3.63, 3.8) is 0 Å². The van der Waals surface area contributed by atoms with Crippen molar-refractivity contribution in [1.29, 1.82) is 0 Å². The van der Waals surface area contributed by atoms with E-state index in [0.29, 0.717) is 23.2 Å². The van der Waals surface area contributed by atoms with Crippen LogP contribution in [0.4, 0.5) is 0 Å². The molecule has 0 unspecified atom stereocenters. The Morgan fingerprint density at radius 2 is 1.40 bits per heavy atom. The molecule has 0 bridgehead atoms. The second-order valence-electron chi connectivity index (χ2n) is 11.0. The van der Waals surface area contributed by atoms with E-state index in [4.69, 9.17) is 15.2 Å². The first-order valence-electron chi connectivity index (χ1n) is 14.2. The molecular weight excluding hydrogens is 716 g/mol. The Balaban J connectivity index is 0.00000368. The summed E-state index contributed by atoms with van der Waals surface area (Å²) in [6, 6.07) is 31.5. The predicted octanol–water partition coefficient (Wildman–Crippen LogP) is 7.91. The molecule has 6 aromatic rings. The zero-order chi connectivity index (χ0) is 29.4. The van der Waals surface area contributed by atoms with Gasteiger partial charge in [0.05, 0.1) is 11.5 Å². The molecule has 7 nitrogen and oxygen atoms in total. The topological polar surface area (TPSA) is 81.7 Å². The number of aromatic hydroxyl groups is 1. The molecule has 2 heterocycles. The van der Waals surface area contributed by atoms with Crippen LogP contribution in [0.15, 0.2) is 91.3 Å². The molecule has 43 heavy (non-hydrogen) atoms. The van der Waals surface area contributed by atoms with Gasteiger partial charge in [0.2, 0.25) is 0 Å². The molecule has 0 saturated heterocycles. The van der Waals surface area contributed by atoms with Gasteiger partial charge in [-0.15, -0.1) is 24.3 Å². The Morgan fingerprint density at radius 1 is 0.744 bits per heavy atom. The summed E-state index contributed by atoms with van der Waals surface area (Å²) in [5.74, 6) is 2.54. The fourth-order valence-electron chi connectivity index (χ4n) is 5.30. The molecule has 2 aromatic heterocycles. The molecule has 220 valence electrons. The van der Waals surface area contributed by atoms with Crippen LogP contribution >= 0.6 is 0 Å². The van der Waals surface area contributed by atoms with E-state index in [9.17, 15) is 5.11 Å². The number of nitrogens with zero attached hydrogens (tertiary/aromatic N) is 6. The van der Waals surface area contributed by atoms with Gasteiger partial charge in [-0.2, -0.15) is 10.2 Å². The average Bonchev–Trinajstić information content (AvgIpc) is 3.64. The molecule has 0 aliphatic rings. The first-order valence-corrected chi connectivity index (χ1v) is 14.2. The number of aryl methyl sites for hydroxylation is 1. The van der Waals surface area contributed by atoms with Crippen LogP contribution in [0.1, 0.15) is 56.5 Å². The van der Waals surface area contributed by atoms with Crippen LogP contribution in [-0.2, 0) is 21.1 Å². The summed E-state index contributed by atoms with van der Waals surface area (Å²) in [5, 5.41) is 19.8. The summed E-state index contributed by atoms with van der Waals surface area (Å²) < 4.78 is 3.60. The van der Waals surface area contributed by atoms with Gasteiger partial charge >= 0.3 is 0 Å². The number of aromatic nitrogens is 6. The van der Waals surface area contributed by atoms with Crippen molar-refractivity contribution in [2.75, 3.05) is 0 Å².